The average Bonchev–Trinajstić information content (AvgIpc) is 2.77. The molecule has 2 rings (SSSR count). The number of hydrogen-bond donors (Lipinski definition) is 5. The van der Waals surface area contributed by atoms with Crippen molar-refractivity contribution in [1.29, 1.82) is 0 Å². The summed E-state index contributed by atoms with van der Waals surface area (Å²) in [5.74, 6) is -2.58. The molecule has 14 nitrogen and oxygen atoms in total. The maximum Gasteiger partial charge on any atom is 0.335 e. The van der Waals surface area contributed by atoms with Gasteiger partial charge in [-0.2, -0.15) is 0 Å². The van der Waals surface area contributed by atoms with Crippen LogP contribution in [0.25, 0.3) is 0 Å². The quantitative estimate of drug-likeness (QED) is 0.104. The zero-order chi connectivity index (χ0) is 24.9. The first-order valence-electron chi connectivity index (χ1n) is 9.83. The van der Waals surface area contributed by atoms with Crippen LogP contribution in [0.1, 0.15) is 6.92 Å². The number of carbonyl (C=O) groups excluding carboxylic acids is 2. The van der Waals surface area contributed by atoms with Crippen LogP contribution in [0.15, 0.2) is 0 Å². The Bertz CT molecular complexity index is 696. The van der Waals surface area contributed by atoms with Crippen LogP contribution in [-0.4, -0.2) is 125 Å². The van der Waals surface area contributed by atoms with E-state index in [9.17, 15) is 34.8 Å². The highest BCUT2D eigenvalue weighted by molar-refractivity contribution is 14.1. The van der Waals surface area contributed by atoms with Gasteiger partial charge in [-0.1, -0.05) is 22.6 Å². The summed E-state index contributed by atoms with van der Waals surface area (Å²) >= 11 is 1.80. The number of hydrogen-bond acceptors (Lipinski definition) is 12. The molecular formula is C18H28INO13. The summed E-state index contributed by atoms with van der Waals surface area (Å²) in [5, 5.41) is 43.6. The first-order chi connectivity index (χ1) is 15.5. The Kier molecular flexibility index (Phi) is 10.6. The van der Waals surface area contributed by atoms with Crippen LogP contribution in [0.2, 0.25) is 0 Å². The van der Waals surface area contributed by atoms with Crippen LogP contribution in [0.5, 0.6) is 0 Å². The number of nitrogens with one attached hydrogen (secondary N) is 1. The molecule has 33 heavy (non-hydrogen) atoms. The number of carboxylic acids is 1. The minimum Gasteiger partial charge on any atom is -0.479 e. The van der Waals surface area contributed by atoms with Gasteiger partial charge in [-0.25, -0.2) is 4.79 Å². The van der Waals surface area contributed by atoms with Gasteiger partial charge in [0.25, 0.3) is 0 Å². The molecule has 2 aliphatic heterocycles. The highest BCUT2D eigenvalue weighted by Crippen LogP contribution is 2.30. The van der Waals surface area contributed by atoms with Gasteiger partial charge in [0.05, 0.1) is 4.43 Å². The van der Waals surface area contributed by atoms with E-state index in [0.717, 1.165) is 7.11 Å². The Hall–Kier alpha value is -1.18. The van der Waals surface area contributed by atoms with Crippen LogP contribution in [0.3, 0.4) is 0 Å². The molecule has 0 radical (unpaired) electrons. The van der Waals surface area contributed by atoms with E-state index < -0.39 is 79.2 Å². The molecule has 2 heterocycles. The second-order valence-corrected chi connectivity index (χ2v) is 8.12. The van der Waals surface area contributed by atoms with E-state index in [0.29, 0.717) is 0 Å². The Balaban J connectivity index is 2.30. The number of carbonyl (C=O) groups is 3. The zero-order valence-corrected chi connectivity index (χ0v) is 20.2. The molecule has 0 aromatic rings. The zero-order valence-electron chi connectivity index (χ0n) is 18.0. The highest BCUT2D eigenvalue weighted by atomic mass is 127. The van der Waals surface area contributed by atoms with Gasteiger partial charge in [-0.05, 0) is 0 Å². The smallest absolute Gasteiger partial charge is 0.335 e. The minimum absolute atomic E-state index is 0.0555. The molecule has 0 aromatic carbocycles. The number of rotatable bonds is 9. The average molecular weight is 593 g/mol. The lowest BCUT2D eigenvalue weighted by Crippen LogP contribution is -2.68. The van der Waals surface area contributed by atoms with Gasteiger partial charge >= 0.3 is 11.9 Å². The third kappa shape index (κ3) is 6.70. The SMILES string of the molecule is CO[C@@H]1OC(COC(=O)CI)[C@@H](O)[C@H](O[C@@H]2OC(C(=O)O)[C@@H](OC)[C@H](O)C2O)C1NC(C)=O. The van der Waals surface area contributed by atoms with E-state index >= 15 is 0 Å². The lowest BCUT2D eigenvalue weighted by atomic mass is 9.95. The lowest BCUT2D eigenvalue weighted by Gasteiger charge is -2.47. The molecule has 0 aromatic heterocycles. The third-order valence-corrected chi connectivity index (χ3v) is 5.77. The third-order valence-electron chi connectivity index (χ3n) is 5.14. The molecule has 2 saturated heterocycles. The molecule has 0 aliphatic carbocycles. The fourth-order valence-corrected chi connectivity index (χ4v) is 3.81. The molecule has 1 amide bonds. The molecule has 0 bridgehead atoms. The number of aliphatic carboxylic acids is 1. The van der Waals surface area contributed by atoms with Crippen molar-refractivity contribution in [3.05, 3.63) is 0 Å². The van der Waals surface area contributed by atoms with E-state index in [1.54, 1.807) is 22.6 Å². The second-order valence-electron chi connectivity index (χ2n) is 7.36. The Morgan fingerprint density at radius 3 is 2.15 bits per heavy atom. The van der Waals surface area contributed by atoms with E-state index in [-0.39, 0.29) is 11.0 Å². The van der Waals surface area contributed by atoms with Gasteiger partial charge in [0.15, 0.2) is 18.7 Å². The minimum atomic E-state index is -1.77. The molecule has 2 aliphatic rings. The van der Waals surface area contributed by atoms with Gasteiger partial charge in [0, 0.05) is 21.1 Å². The highest BCUT2D eigenvalue weighted by Gasteiger charge is 2.53. The van der Waals surface area contributed by atoms with Crippen molar-refractivity contribution in [3.8, 4) is 0 Å². The van der Waals surface area contributed by atoms with Crippen LogP contribution in [0.4, 0.5) is 0 Å². The fourth-order valence-electron chi connectivity index (χ4n) is 3.59. The van der Waals surface area contributed by atoms with Crippen molar-refractivity contribution in [2.24, 2.45) is 0 Å². The Morgan fingerprint density at radius 2 is 1.64 bits per heavy atom. The number of amides is 1. The van der Waals surface area contributed by atoms with Crippen LogP contribution < -0.4 is 5.32 Å². The van der Waals surface area contributed by atoms with E-state index in [1.165, 1.54) is 14.0 Å². The molecular weight excluding hydrogens is 565 g/mol. The summed E-state index contributed by atoms with van der Waals surface area (Å²) in [4.78, 5) is 34.8. The number of ether oxygens (including phenoxy) is 6. The number of halogens is 1. The summed E-state index contributed by atoms with van der Waals surface area (Å²) in [6.45, 7) is 0.819. The maximum atomic E-state index is 11.7. The monoisotopic (exact) mass is 593 g/mol. The largest absolute Gasteiger partial charge is 0.479 e. The molecule has 15 heteroatoms. The molecule has 2 fully saturated rings. The summed E-state index contributed by atoms with van der Waals surface area (Å²) in [6.07, 6.45) is -13.6. The standard InChI is InChI=1S/C18H28INO13/c1-6(21)20-9-13(10(23)7(31-17(9)29-3)5-30-8(22)4-19)32-18-12(25)11(24)14(28-2)15(33-18)16(26)27/h7,9-15,17-18,23-25H,4-5H2,1-3H3,(H,20,21)(H,26,27)/t7?,9?,10-,11-,12?,13-,14+,15?,17-,18-/m1/s1. The number of methoxy groups -OCH3 is 2. The number of esters is 1. The summed E-state index contributed by atoms with van der Waals surface area (Å²) in [7, 11) is 2.41. The van der Waals surface area contributed by atoms with Crippen molar-refractivity contribution < 1.29 is 63.2 Å². The summed E-state index contributed by atoms with van der Waals surface area (Å²) in [5.41, 5.74) is 0. The number of carboxylic acid groups (broad SMARTS) is 1. The van der Waals surface area contributed by atoms with Crippen molar-refractivity contribution in [2.75, 3.05) is 25.3 Å². The van der Waals surface area contributed by atoms with Crippen molar-refractivity contribution in [3.63, 3.8) is 0 Å². The fraction of sp³-hybridized carbons (Fsp3) is 0.833. The lowest BCUT2D eigenvalue weighted by molar-refractivity contribution is -0.340. The first kappa shape index (κ1) is 28.1. The topological polar surface area (TPSA) is 200 Å². The van der Waals surface area contributed by atoms with Crippen LogP contribution in [-0.2, 0) is 42.8 Å². The first-order valence-corrected chi connectivity index (χ1v) is 11.4. The van der Waals surface area contributed by atoms with Crippen LogP contribution in [0, 0.1) is 0 Å². The van der Waals surface area contributed by atoms with E-state index in [4.69, 9.17) is 28.4 Å². The number of alkyl halides is 1. The van der Waals surface area contributed by atoms with E-state index in [1.807, 2.05) is 0 Å². The predicted octanol–water partition coefficient (Wildman–Crippen LogP) is -2.87. The molecule has 190 valence electrons. The van der Waals surface area contributed by atoms with Crippen LogP contribution >= 0.6 is 22.6 Å². The van der Waals surface area contributed by atoms with Gasteiger partial charge in [-0.3, -0.25) is 9.59 Å². The van der Waals surface area contributed by atoms with Gasteiger partial charge in [0.2, 0.25) is 5.91 Å². The van der Waals surface area contributed by atoms with Crippen molar-refractivity contribution >= 4 is 40.4 Å². The molecule has 10 atom stereocenters. The van der Waals surface area contributed by atoms with Crippen molar-refractivity contribution in [2.45, 2.75) is 68.3 Å². The molecule has 0 spiro atoms. The Morgan fingerprint density at radius 1 is 0.970 bits per heavy atom. The van der Waals surface area contributed by atoms with E-state index in [2.05, 4.69) is 5.32 Å². The van der Waals surface area contributed by atoms with Crippen molar-refractivity contribution in [1.82, 2.24) is 5.32 Å². The molecule has 5 N–H and O–H groups in total. The second kappa shape index (κ2) is 12.5. The number of aliphatic hydroxyl groups excluding tert-OH is 3. The maximum absolute atomic E-state index is 11.7. The molecule has 0 saturated carbocycles. The van der Waals surface area contributed by atoms with Gasteiger partial charge in [-0.15, -0.1) is 0 Å². The summed E-state index contributed by atoms with van der Waals surface area (Å²) < 4.78 is 31.9. The predicted molar refractivity (Wildman–Crippen MR) is 113 cm³/mol. The normalized spacial score (nSPS) is 39.0. The van der Waals surface area contributed by atoms with Gasteiger partial charge < -0.3 is 54.2 Å². The molecule has 4 unspecified atom stereocenters. The number of aliphatic hydroxyl groups is 3. The van der Waals surface area contributed by atoms with Gasteiger partial charge in [0.1, 0.15) is 49.3 Å². The summed E-state index contributed by atoms with van der Waals surface area (Å²) in [6, 6.07) is -1.14. The Labute approximate surface area is 202 Å².